The molecule has 6 heteroatoms. The van der Waals surface area contributed by atoms with Gasteiger partial charge in [-0.2, -0.15) is 0 Å². The maximum atomic E-state index is 12.3. The zero-order chi connectivity index (χ0) is 21.8. The van der Waals surface area contributed by atoms with Crippen molar-refractivity contribution in [2.75, 3.05) is 11.4 Å². The molecule has 0 radical (unpaired) electrons. The molecule has 1 aromatic heterocycles. The summed E-state index contributed by atoms with van der Waals surface area (Å²) in [7, 11) is 0. The van der Waals surface area contributed by atoms with E-state index in [9.17, 15) is 4.79 Å². The quantitative estimate of drug-likeness (QED) is 0.773. The molecule has 0 spiro atoms. The second kappa shape index (κ2) is 7.21. The number of nitrogens with zero attached hydrogens (tertiary/aromatic N) is 3. The zero-order valence-corrected chi connectivity index (χ0v) is 19.0. The molecule has 164 valence electrons. The van der Waals surface area contributed by atoms with E-state index in [1.54, 1.807) is 0 Å². The summed E-state index contributed by atoms with van der Waals surface area (Å²) in [6.45, 7) is 9.14. The molecule has 5 rings (SSSR count). The maximum Gasteiger partial charge on any atom is 0.408 e. The SMILES string of the molecule is C[C@H]1CCN1c1nc2c(c(-c3ccc(C4(OC(=O)NC(C)(C)C)CC4)cc3)n1)CCC2. The van der Waals surface area contributed by atoms with Gasteiger partial charge in [0.2, 0.25) is 5.95 Å². The molecule has 0 bridgehead atoms. The number of aromatic nitrogens is 2. The molecule has 2 aromatic rings. The lowest BCUT2D eigenvalue weighted by molar-refractivity contribution is 0.0755. The van der Waals surface area contributed by atoms with Crippen LogP contribution < -0.4 is 10.2 Å². The molecule has 3 aliphatic rings. The number of aryl methyl sites for hydroxylation is 1. The van der Waals surface area contributed by atoms with Gasteiger partial charge in [0.1, 0.15) is 5.60 Å². The summed E-state index contributed by atoms with van der Waals surface area (Å²) in [6.07, 6.45) is 5.81. The van der Waals surface area contributed by atoms with Crippen molar-refractivity contribution in [2.45, 2.75) is 83.4 Å². The molecular formula is C25H32N4O2. The van der Waals surface area contributed by atoms with Gasteiger partial charge in [-0.3, -0.25) is 0 Å². The highest BCUT2D eigenvalue weighted by Gasteiger charge is 2.49. The van der Waals surface area contributed by atoms with E-state index in [1.807, 2.05) is 20.8 Å². The van der Waals surface area contributed by atoms with Gasteiger partial charge >= 0.3 is 6.09 Å². The van der Waals surface area contributed by atoms with Crippen LogP contribution in [0.15, 0.2) is 24.3 Å². The van der Waals surface area contributed by atoms with Gasteiger partial charge in [-0.25, -0.2) is 14.8 Å². The fourth-order valence-electron chi connectivity index (χ4n) is 4.60. The monoisotopic (exact) mass is 420 g/mol. The first-order valence-corrected chi connectivity index (χ1v) is 11.5. The Labute approximate surface area is 184 Å². The third kappa shape index (κ3) is 3.88. The van der Waals surface area contributed by atoms with Crippen molar-refractivity contribution < 1.29 is 9.53 Å². The van der Waals surface area contributed by atoms with Crippen molar-refractivity contribution in [2.24, 2.45) is 0 Å². The number of alkyl carbamates (subject to hydrolysis) is 1. The number of benzene rings is 1. The Morgan fingerprint density at radius 3 is 2.48 bits per heavy atom. The van der Waals surface area contributed by atoms with Crippen LogP contribution in [0.4, 0.5) is 10.7 Å². The molecular weight excluding hydrogens is 388 g/mol. The van der Waals surface area contributed by atoms with Gasteiger partial charge in [-0.1, -0.05) is 24.3 Å². The van der Waals surface area contributed by atoms with Gasteiger partial charge in [-0.15, -0.1) is 0 Å². The Kier molecular flexibility index (Phi) is 4.72. The third-order valence-corrected chi connectivity index (χ3v) is 6.65. The van der Waals surface area contributed by atoms with Crippen LogP contribution in [0.2, 0.25) is 0 Å². The van der Waals surface area contributed by atoms with E-state index in [0.29, 0.717) is 6.04 Å². The molecule has 1 atom stereocenters. The lowest BCUT2D eigenvalue weighted by Gasteiger charge is -2.39. The third-order valence-electron chi connectivity index (χ3n) is 6.65. The Bertz CT molecular complexity index is 1010. The molecule has 2 fully saturated rings. The number of hydrogen-bond acceptors (Lipinski definition) is 5. The first-order chi connectivity index (χ1) is 14.7. The summed E-state index contributed by atoms with van der Waals surface area (Å²) in [5.74, 6) is 0.874. The summed E-state index contributed by atoms with van der Waals surface area (Å²) < 4.78 is 5.83. The van der Waals surface area contributed by atoms with E-state index in [-0.39, 0.29) is 11.6 Å². The van der Waals surface area contributed by atoms with Crippen molar-refractivity contribution in [3.8, 4) is 11.3 Å². The molecule has 1 N–H and O–H groups in total. The number of rotatable bonds is 4. The number of amides is 1. The van der Waals surface area contributed by atoms with Crippen LogP contribution in [0, 0.1) is 0 Å². The van der Waals surface area contributed by atoms with Crippen LogP contribution in [-0.2, 0) is 23.2 Å². The zero-order valence-electron chi connectivity index (χ0n) is 19.0. The molecule has 1 saturated carbocycles. The standard InChI is InChI=1S/C25H32N4O2/c1-16-12-15-29(16)22-26-20-7-5-6-19(20)21(27-22)17-8-10-18(11-9-17)25(13-14-25)31-23(30)28-24(2,3)4/h8-11,16H,5-7,12-15H2,1-4H3,(H,28,30)/t16-/m0/s1. The van der Waals surface area contributed by atoms with Crippen LogP contribution in [0.25, 0.3) is 11.3 Å². The molecule has 1 aromatic carbocycles. The van der Waals surface area contributed by atoms with Crippen molar-refractivity contribution in [1.29, 1.82) is 0 Å². The average molecular weight is 421 g/mol. The number of carbonyl (C=O) groups is 1. The molecule has 1 aliphatic heterocycles. The number of ether oxygens (including phenoxy) is 1. The Morgan fingerprint density at radius 2 is 1.90 bits per heavy atom. The van der Waals surface area contributed by atoms with E-state index in [1.165, 1.54) is 17.7 Å². The Balaban J connectivity index is 1.40. The summed E-state index contributed by atoms with van der Waals surface area (Å²) in [4.78, 5) is 24.5. The number of anilines is 1. The van der Waals surface area contributed by atoms with Gasteiger partial charge < -0.3 is 15.0 Å². The smallest absolute Gasteiger partial charge is 0.408 e. The molecule has 1 saturated heterocycles. The largest absolute Gasteiger partial charge is 0.438 e. The lowest BCUT2D eigenvalue weighted by Crippen LogP contribution is -2.46. The van der Waals surface area contributed by atoms with E-state index < -0.39 is 5.60 Å². The average Bonchev–Trinajstić information content (AvgIpc) is 3.31. The van der Waals surface area contributed by atoms with Crippen LogP contribution >= 0.6 is 0 Å². The van der Waals surface area contributed by atoms with E-state index in [2.05, 4.69) is 41.4 Å². The summed E-state index contributed by atoms with van der Waals surface area (Å²) >= 11 is 0. The van der Waals surface area contributed by atoms with Crippen LogP contribution in [-0.4, -0.2) is 34.2 Å². The predicted octanol–water partition coefficient (Wildman–Crippen LogP) is 4.74. The van der Waals surface area contributed by atoms with Gasteiger partial charge in [-0.05, 0) is 71.8 Å². The summed E-state index contributed by atoms with van der Waals surface area (Å²) in [5.41, 5.74) is 4.96. The first-order valence-electron chi connectivity index (χ1n) is 11.5. The normalized spacial score (nSPS) is 21.3. The molecule has 2 aliphatic carbocycles. The maximum absolute atomic E-state index is 12.3. The van der Waals surface area contributed by atoms with Gasteiger partial charge in [0.15, 0.2) is 0 Å². The molecule has 2 heterocycles. The summed E-state index contributed by atoms with van der Waals surface area (Å²) in [5, 5.41) is 2.90. The van der Waals surface area contributed by atoms with E-state index in [4.69, 9.17) is 14.7 Å². The lowest BCUT2D eigenvalue weighted by atomic mass is 10.0. The van der Waals surface area contributed by atoms with Gasteiger partial charge in [0, 0.05) is 34.9 Å². The van der Waals surface area contributed by atoms with Crippen molar-refractivity contribution in [3.05, 3.63) is 41.1 Å². The first kappa shape index (κ1) is 20.3. The molecule has 0 unspecified atom stereocenters. The minimum atomic E-state index is -0.486. The second-order valence-corrected chi connectivity index (χ2v) is 10.3. The minimum absolute atomic E-state index is 0.309. The Hall–Kier alpha value is -2.63. The highest BCUT2D eigenvalue weighted by Crippen LogP contribution is 2.49. The molecule has 31 heavy (non-hydrogen) atoms. The summed E-state index contributed by atoms with van der Waals surface area (Å²) in [6, 6.07) is 8.97. The second-order valence-electron chi connectivity index (χ2n) is 10.3. The van der Waals surface area contributed by atoms with Crippen LogP contribution in [0.3, 0.4) is 0 Å². The molecule has 1 amide bonds. The van der Waals surface area contributed by atoms with Crippen LogP contribution in [0.5, 0.6) is 0 Å². The Morgan fingerprint density at radius 1 is 1.16 bits per heavy atom. The number of carbonyl (C=O) groups excluding carboxylic acids is 1. The number of nitrogens with one attached hydrogen (secondary N) is 1. The number of fused-ring (bicyclic) bond motifs is 1. The van der Waals surface area contributed by atoms with E-state index in [0.717, 1.165) is 61.4 Å². The van der Waals surface area contributed by atoms with Gasteiger partial charge in [0.25, 0.3) is 0 Å². The minimum Gasteiger partial charge on any atom is -0.438 e. The topological polar surface area (TPSA) is 67.4 Å². The highest BCUT2D eigenvalue weighted by molar-refractivity contribution is 5.70. The van der Waals surface area contributed by atoms with Crippen LogP contribution in [0.1, 0.15) is 70.2 Å². The van der Waals surface area contributed by atoms with E-state index >= 15 is 0 Å². The molecule has 6 nitrogen and oxygen atoms in total. The predicted molar refractivity (Wildman–Crippen MR) is 121 cm³/mol. The number of hydrogen-bond donors (Lipinski definition) is 1. The van der Waals surface area contributed by atoms with Crippen molar-refractivity contribution in [3.63, 3.8) is 0 Å². The highest BCUT2D eigenvalue weighted by atomic mass is 16.6. The fourth-order valence-corrected chi connectivity index (χ4v) is 4.60. The van der Waals surface area contributed by atoms with Crippen molar-refractivity contribution >= 4 is 12.0 Å². The fraction of sp³-hybridized carbons (Fsp3) is 0.560. The van der Waals surface area contributed by atoms with Crippen molar-refractivity contribution in [1.82, 2.24) is 15.3 Å². The van der Waals surface area contributed by atoms with Gasteiger partial charge in [0.05, 0.1) is 5.69 Å².